The van der Waals surface area contributed by atoms with Crippen LogP contribution < -0.4 is 15.2 Å². The molecule has 108 valence electrons. The van der Waals surface area contributed by atoms with Crippen molar-refractivity contribution in [1.82, 2.24) is 14.8 Å². The Balaban J connectivity index is 2.08. The fraction of sp³-hybridized carbons (Fsp3) is 0.385. The zero-order valence-electron chi connectivity index (χ0n) is 11.7. The summed E-state index contributed by atoms with van der Waals surface area (Å²) >= 11 is 1.56. The van der Waals surface area contributed by atoms with Crippen molar-refractivity contribution < 1.29 is 9.47 Å². The highest BCUT2D eigenvalue weighted by Crippen LogP contribution is 2.31. The predicted molar refractivity (Wildman–Crippen MR) is 78.2 cm³/mol. The molecule has 0 aliphatic carbocycles. The maximum Gasteiger partial charge on any atom is 0.190 e. The van der Waals surface area contributed by atoms with Gasteiger partial charge in [-0.1, -0.05) is 17.8 Å². The minimum absolute atomic E-state index is 0.155. The number of nitrogens with two attached hydrogens (primary N) is 1. The van der Waals surface area contributed by atoms with Crippen molar-refractivity contribution in [3.05, 3.63) is 30.1 Å². The average Bonchev–Trinajstić information content (AvgIpc) is 2.89. The Kier molecular flexibility index (Phi) is 4.86. The third kappa shape index (κ3) is 3.23. The molecular formula is C13H18N4O2S. The van der Waals surface area contributed by atoms with Gasteiger partial charge in [0.1, 0.15) is 17.8 Å². The van der Waals surface area contributed by atoms with Crippen molar-refractivity contribution in [2.75, 3.05) is 20.0 Å². The molecule has 0 radical (unpaired) electrons. The van der Waals surface area contributed by atoms with E-state index in [1.807, 2.05) is 29.8 Å². The van der Waals surface area contributed by atoms with Crippen LogP contribution in [-0.2, 0) is 7.05 Å². The standard InChI is InChI=1S/C13H18N4O2S/c1-17-8-15-16-13(17)20-7-11(14)10-5-4-9(18-2)6-12(10)19-3/h4-6,8,11H,7,14H2,1-3H3. The number of nitrogens with zero attached hydrogens (tertiary/aromatic N) is 3. The summed E-state index contributed by atoms with van der Waals surface area (Å²) in [5.74, 6) is 2.17. The molecule has 1 aromatic carbocycles. The zero-order chi connectivity index (χ0) is 14.5. The second kappa shape index (κ2) is 6.62. The van der Waals surface area contributed by atoms with Gasteiger partial charge >= 0.3 is 0 Å². The lowest BCUT2D eigenvalue weighted by Gasteiger charge is -2.16. The Morgan fingerprint density at radius 2 is 2.15 bits per heavy atom. The summed E-state index contributed by atoms with van der Waals surface area (Å²) in [5, 5.41) is 8.70. The highest BCUT2D eigenvalue weighted by Gasteiger charge is 2.14. The molecule has 0 amide bonds. The molecule has 1 heterocycles. The molecule has 6 nitrogen and oxygen atoms in total. The maximum atomic E-state index is 6.23. The van der Waals surface area contributed by atoms with Gasteiger partial charge < -0.3 is 19.8 Å². The first-order valence-electron chi connectivity index (χ1n) is 6.10. The van der Waals surface area contributed by atoms with Gasteiger partial charge in [-0.15, -0.1) is 10.2 Å². The van der Waals surface area contributed by atoms with Gasteiger partial charge in [0.05, 0.1) is 14.2 Å². The summed E-state index contributed by atoms with van der Waals surface area (Å²) < 4.78 is 12.4. The Hall–Kier alpha value is -1.73. The number of hydrogen-bond acceptors (Lipinski definition) is 6. The first-order chi connectivity index (χ1) is 9.65. The number of ether oxygens (including phenoxy) is 2. The minimum Gasteiger partial charge on any atom is -0.497 e. The van der Waals surface area contributed by atoms with Crippen LogP contribution in [0.3, 0.4) is 0 Å². The Bertz CT molecular complexity index is 573. The SMILES string of the molecule is COc1ccc(C(N)CSc2nncn2C)c(OC)c1. The van der Waals surface area contributed by atoms with E-state index in [0.29, 0.717) is 5.75 Å². The summed E-state index contributed by atoms with van der Waals surface area (Å²) in [6, 6.07) is 5.49. The van der Waals surface area contributed by atoms with Crippen molar-refractivity contribution in [3.8, 4) is 11.5 Å². The molecule has 20 heavy (non-hydrogen) atoms. The molecule has 1 atom stereocenters. The number of benzene rings is 1. The molecule has 0 spiro atoms. The van der Waals surface area contributed by atoms with Crippen LogP contribution in [0.15, 0.2) is 29.7 Å². The fourth-order valence-corrected chi connectivity index (χ4v) is 2.65. The van der Waals surface area contributed by atoms with E-state index in [9.17, 15) is 0 Å². The first-order valence-corrected chi connectivity index (χ1v) is 7.08. The Labute approximate surface area is 122 Å². The third-order valence-corrected chi connectivity index (χ3v) is 4.06. The molecule has 1 unspecified atom stereocenters. The molecule has 0 aliphatic heterocycles. The van der Waals surface area contributed by atoms with Crippen LogP contribution in [0.2, 0.25) is 0 Å². The van der Waals surface area contributed by atoms with Crippen LogP contribution in [0.4, 0.5) is 0 Å². The summed E-state index contributed by atoms with van der Waals surface area (Å²) in [6.45, 7) is 0. The van der Waals surface area contributed by atoms with Crippen LogP contribution in [0.25, 0.3) is 0 Å². The molecule has 0 saturated heterocycles. The smallest absolute Gasteiger partial charge is 0.190 e. The van der Waals surface area contributed by atoms with E-state index in [1.54, 1.807) is 32.3 Å². The molecule has 2 aromatic rings. The molecule has 1 aromatic heterocycles. The van der Waals surface area contributed by atoms with Gasteiger partial charge in [0.25, 0.3) is 0 Å². The van der Waals surface area contributed by atoms with E-state index in [-0.39, 0.29) is 6.04 Å². The van der Waals surface area contributed by atoms with Crippen LogP contribution in [0.5, 0.6) is 11.5 Å². The second-order valence-electron chi connectivity index (χ2n) is 4.25. The predicted octanol–water partition coefficient (Wildman–Crippen LogP) is 1.62. The van der Waals surface area contributed by atoms with E-state index in [0.717, 1.165) is 22.2 Å². The Morgan fingerprint density at radius 1 is 1.35 bits per heavy atom. The second-order valence-corrected chi connectivity index (χ2v) is 5.24. The fourth-order valence-electron chi connectivity index (χ4n) is 1.78. The number of rotatable bonds is 6. The highest BCUT2D eigenvalue weighted by atomic mass is 32.2. The van der Waals surface area contributed by atoms with Gasteiger partial charge in [-0.2, -0.15) is 0 Å². The van der Waals surface area contributed by atoms with Gasteiger partial charge in [0.15, 0.2) is 5.16 Å². The van der Waals surface area contributed by atoms with Crippen LogP contribution in [-0.4, -0.2) is 34.7 Å². The van der Waals surface area contributed by atoms with E-state index >= 15 is 0 Å². The van der Waals surface area contributed by atoms with Crippen molar-refractivity contribution in [2.24, 2.45) is 12.8 Å². The maximum absolute atomic E-state index is 6.23. The van der Waals surface area contributed by atoms with E-state index in [1.165, 1.54) is 0 Å². The summed E-state index contributed by atoms with van der Waals surface area (Å²) in [6.07, 6.45) is 1.67. The van der Waals surface area contributed by atoms with Crippen molar-refractivity contribution in [2.45, 2.75) is 11.2 Å². The van der Waals surface area contributed by atoms with Crippen molar-refractivity contribution in [1.29, 1.82) is 0 Å². The van der Waals surface area contributed by atoms with Crippen LogP contribution in [0.1, 0.15) is 11.6 Å². The number of thioether (sulfide) groups is 1. The lowest BCUT2D eigenvalue weighted by Crippen LogP contribution is -2.14. The topological polar surface area (TPSA) is 75.2 Å². The largest absolute Gasteiger partial charge is 0.497 e. The van der Waals surface area contributed by atoms with Crippen LogP contribution >= 0.6 is 11.8 Å². The first kappa shape index (κ1) is 14.7. The summed E-state index contributed by atoms with van der Waals surface area (Å²) in [4.78, 5) is 0. The lowest BCUT2D eigenvalue weighted by molar-refractivity contribution is 0.389. The van der Waals surface area contributed by atoms with Crippen LogP contribution in [0, 0.1) is 0 Å². The third-order valence-electron chi connectivity index (χ3n) is 2.90. The summed E-state index contributed by atoms with van der Waals surface area (Å²) in [5.41, 5.74) is 7.18. The van der Waals surface area contributed by atoms with Gasteiger partial charge in [0.2, 0.25) is 0 Å². The molecular weight excluding hydrogens is 276 g/mol. The van der Waals surface area contributed by atoms with E-state index < -0.39 is 0 Å². The minimum atomic E-state index is -0.155. The van der Waals surface area contributed by atoms with Gasteiger partial charge in [-0.05, 0) is 6.07 Å². The van der Waals surface area contributed by atoms with Gasteiger partial charge in [-0.25, -0.2) is 0 Å². The summed E-state index contributed by atoms with van der Waals surface area (Å²) in [7, 11) is 5.15. The van der Waals surface area contributed by atoms with Gasteiger partial charge in [-0.3, -0.25) is 0 Å². The van der Waals surface area contributed by atoms with E-state index in [2.05, 4.69) is 10.2 Å². The molecule has 2 rings (SSSR count). The normalized spacial score (nSPS) is 12.2. The quantitative estimate of drug-likeness (QED) is 0.816. The van der Waals surface area contributed by atoms with Gasteiger partial charge in [0, 0.05) is 30.5 Å². The van der Waals surface area contributed by atoms with Crippen molar-refractivity contribution >= 4 is 11.8 Å². The Morgan fingerprint density at radius 3 is 2.75 bits per heavy atom. The number of methoxy groups -OCH3 is 2. The highest BCUT2D eigenvalue weighted by molar-refractivity contribution is 7.99. The number of hydrogen-bond donors (Lipinski definition) is 1. The molecule has 0 saturated carbocycles. The molecule has 0 aliphatic rings. The zero-order valence-corrected chi connectivity index (χ0v) is 12.6. The molecule has 7 heteroatoms. The van der Waals surface area contributed by atoms with Crippen molar-refractivity contribution in [3.63, 3.8) is 0 Å². The number of aryl methyl sites for hydroxylation is 1. The van der Waals surface area contributed by atoms with E-state index in [4.69, 9.17) is 15.2 Å². The monoisotopic (exact) mass is 294 g/mol. The lowest BCUT2D eigenvalue weighted by atomic mass is 10.1. The average molecular weight is 294 g/mol. The molecule has 0 bridgehead atoms. The molecule has 2 N–H and O–H groups in total. The molecule has 0 fully saturated rings. The number of aromatic nitrogens is 3.